The molecular formula is C15H32N2O2S. The first-order chi connectivity index (χ1) is 9.12. The van der Waals surface area contributed by atoms with Crippen LogP contribution in [0.4, 0.5) is 0 Å². The van der Waals surface area contributed by atoms with E-state index in [9.17, 15) is 8.42 Å². The molecule has 120 valence electrons. The second kappa shape index (κ2) is 7.23. The Morgan fingerprint density at radius 3 is 2.50 bits per heavy atom. The standard InChI is InChI=1S/C15H32N2O2S/c1-13(2)16-11-14-7-6-8-17(12-14)9-10-20(18,19)15(3,4)5/h13-14,16H,6-12H2,1-5H3. The van der Waals surface area contributed by atoms with Crippen LogP contribution in [0.1, 0.15) is 47.5 Å². The summed E-state index contributed by atoms with van der Waals surface area (Å²) in [6.45, 7) is 13.5. The van der Waals surface area contributed by atoms with Gasteiger partial charge in [-0.2, -0.15) is 0 Å². The van der Waals surface area contributed by atoms with E-state index in [4.69, 9.17) is 0 Å². The van der Waals surface area contributed by atoms with E-state index in [1.165, 1.54) is 12.8 Å². The zero-order valence-electron chi connectivity index (χ0n) is 13.8. The molecule has 1 saturated heterocycles. The molecular weight excluding hydrogens is 272 g/mol. The Hall–Kier alpha value is -0.130. The highest BCUT2D eigenvalue weighted by atomic mass is 32.2. The second-order valence-electron chi connectivity index (χ2n) is 7.30. The van der Waals surface area contributed by atoms with Crippen molar-refractivity contribution >= 4 is 9.84 Å². The van der Waals surface area contributed by atoms with Gasteiger partial charge in [0.15, 0.2) is 9.84 Å². The largest absolute Gasteiger partial charge is 0.314 e. The van der Waals surface area contributed by atoms with Crippen molar-refractivity contribution < 1.29 is 8.42 Å². The van der Waals surface area contributed by atoms with Crippen molar-refractivity contribution in [3.8, 4) is 0 Å². The van der Waals surface area contributed by atoms with Gasteiger partial charge >= 0.3 is 0 Å². The van der Waals surface area contributed by atoms with Crippen LogP contribution in [0.2, 0.25) is 0 Å². The average Bonchev–Trinajstić information content (AvgIpc) is 2.33. The van der Waals surface area contributed by atoms with Gasteiger partial charge in [0.05, 0.1) is 10.5 Å². The number of nitrogens with zero attached hydrogens (tertiary/aromatic N) is 1. The molecule has 0 bridgehead atoms. The lowest BCUT2D eigenvalue weighted by Crippen LogP contribution is -2.44. The van der Waals surface area contributed by atoms with E-state index in [0.717, 1.165) is 19.6 Å². The van der Waals surface area contributed by atoms with E-state index in [1.807, 2.05) is 0 Å². The van der Waals surface area contributed by atoms with Crippen LogP contribution in [-0.4, -0.2) is 56.0 Å². The van der Waals surface area contributed by atoms with Gasteiger partial charge in [-0.25, -0.2) is 8.42 Å². The summed E-state index contributed by atoms with van der Waals surface area (Å²) in [5.41, 5.74) is 0. The van der Waals surface area contributed by atoms with E-state index in [1.54, 1.807) is 20.8 Å². The summed E-state index contributed by atoms with van der Waals surface area (Å²) in [7, 11) is -3.00. The quantitative estimate of drug-likeness (QED) is 0.814. The van der Waals surface area contributed by atoms with E-state index in [-0.39, 0.29) is 5.75 Å². The Balaban J connectivity index is 2.41. The van der Waals surface area contributed by atoms with E-state index in [0.29, 0.717) is 18.5 Å². The molecule has 0 radical (unpaired) electrons. The predicted octanol–water partition coefficient (Wildman–Crippen LogP) is 1.91. The van der Waals surface area contributed by atoms with Gasteiger partial charge < -0.3 is 10.2 Å². The highest BCUT2D eigenvalue weighted by Crippen LogP contribution is 2.19. The zero-order chi connectivity index (χ0) is 15.4. The number of rotatable bonds is 6. The van der Waals surface area contributed by atoms with Crippen LogP contribution >= 0.6 is 0 Å². The monoisotopic (exact) mass is 304 g/mol. The lowest BCUT2D eigenvalue weighted by atomic mass is 9.98. The van der Waals surface area contributed by atoms with Crippen LogP contribution < -0.4 is 5.32 Å². The van der Waals surface area contributed by atoms with Crippen LogP contribution in [0.5, 0.6) is 0 Å². The minimum absolute atomic E-state index is 0.279. The smallest absolute Gasteiger partial charge is 0.156 e. The Morgan fingerprint density at radius 1 is 1.30 bits per heavy atom. The fourth-order valence-electron chi connectivity index (χ4n) is 2.48. The molecule has 20 heavy (non-hydrogen) atoms. The van der Waals surface area contributed by atoms with Gasteiger partial charge in [-0.1, -0.05) is 13.8 Å². The molecule has 0 aliphatic carbocycles. The Morgan fingerprint density at radius 2 is 1.95 bits per heavy atom. The molecule has 0 spiro atoms. The van der Waals surface area contributed by atoms with Gasteiger partial charge in [-0.15, -0.1) is 0 Å². The fraction of sp³-hybridized carbons (Fsp3) is 1.00. The number of sulfone groups is 1. The highest BCUT2D eigenvalue weighted by Gasteiger charge is 2.30. The van der Waals surface area contributed by atoms with Crippen molar-refractivity contribution in [3.63, 3.8) is 0 Å². The maximum atomic E-state index is 12.2. The van der Waals surface area contributed by atoms with E-state index >= 15 is 0 Å². The first-order valence-corrected chi connectivity index (χ1v) is 9.45. The van der Waals surface area contributed by atoms with Crippen LogP contribution in [0.15, 0.2) is 0 Å². The van der Waals surface area contributed by atoms with Gasteiger partial charge in [0.2, 0.25) is 0 Å². The lowest BCUT2D eigenvalue weighted by molar-refractivity contribution is 0.179. The number of likely N-dealkylation sites (tertiary alicyclic amines) is 1. The molecule has 1 heterocycles. The summed E-state index contributed by atoms with van der Waals surface area (Å²) >= 11 is 0. The fourth-order valence-corrected chi connectivity index (χ4v) is 3.59. The molecule has 0 aromatic rings. The van der Waals surface area contributed by atoms with Crippen LogP contribution in [0, 0.1) is 5.92 Å². The number of hydrogen-bond acceptors (Lipinski definition) is 4. The summed E-state index contributed by atoms with van der Waals surface area (Å²) < 4.78 is 23.7. The van der Waals surface area contributed by atoms with Gasteiger partial charge in [0, 0.05) is 19.1 Å². The average molecular weight is 305 g/mol. The summed E-state index contributed by atoms with van der Waals surface area (Å²) in [6.07, 6.45) is 2.43. The molecule has 0 aromatic heterocycles. The molecule has 1 aliphatic rings. The first-order valence-electron chi connectivity index (χ1n) is 7.80. The summed E-state index contributed by atoms with van der Waals surface area (Å²) in [6, 6.07) is 0.520. The normalized spacial score (nSPS) is 22.4. The molecule has 1 N–H and O–H groups in total. The molecule has 1 atom stereocenters. The Kier molecular flexibility index (Phi) is 6.48. The Labute approximate surface area is 125 Å². The second-order valence-corrected chi connectivity index (χ2v) is 10.2. The van der Waals surface area contributed by atoms with Crippen molar-refractivity contribution in [2.24, 2.45) is 5.92 Å². The Bertz CT molecular complexity index is 385. The number of hydrogen-bond donors (Lipinski definition) is 1. The molecule has 1 rings (SSSR count). The third-order valence-corrected chi connectivity index (χ3v) is 6.61. The molecule has 4 nitrogen and oxygen atoms in total. The molecule has 1 unspecified atom stereocenters. The predicted molar refractivity (Wildman–Crippen MR) is 85.8 cm³/mol. The van der Waals surface area contributed by atoms with Crippen LogP contribution in [0.3, 0.4) is 0 Å². The lowest BCUT2D eigenvalue weighted by Gasteiger charge is -2.33. The third-order valence-electron chi connectivity index (χ3n) is 4.03. The van der Waals surface area contributed by atoms with Gasteiger partial charge in [0.25, 0.3) is 0 Å². The van der Waals surface area contributed by atoms with Gasteiger partial charge in [-0.3, -0.25) is 0 Å². The minimum atomic E-state index is -3.00. The molecule has 1 fully saturated rings. The van der Waals surface area contributed by atoms with Crippen molar-refractivity contribution in [3.05, 3.63) is 0 Å². The number of nitrogens with one attached hydrogen (secondary N) is 1. The molecule has 0 saturated carbocycles. The van der Waals surface area contributed by atoms with Gasteiger partial charge in [-0.05, 0) is 52.6 Å². The van der Waals surface area contributed by atoms with E-state index < -0.39 is 14.6 Å². The topological polar surface area (TPSA) is 49.4 Å². The summed E-state index contributed by atoms with van der Waals surface area (Å²) in [4.78, 5) is 2.32. The molecule has 0 aromatic carbocycles. The maximum absolute atomic E-state index is 12.2. The van der Waals surface area contributed by atoms with Gasteiger partial charge in [0.1, 0.15) is 0 Å². The minimum Gasteiger partial charge on any atom is -0.314 e. The van der Waals surface area contributed by atoms with Crippen molar-refractivity contribution in [2.45, 2.75) is 58.2 Å². The van der Waals surface area contributed by atoms with Crippen LogP contribution in [-0.2, 0) is 9.84 Å². The van der Waals surface area contributed by atoms with Crippen molar-refractivity contribution in [1.29, 1.82) is 0 Å². The molecule has 1 aliphatic heterocycles. The first kappa shape index (κ1) is 17.9. The number of piperidine rings is 1. The van der Waals surface area contributed by atoms with Crippen molar-refractivity contribution in [1.82, 2.24) is 10.2 Å². The zero-order valence-corrected chi connectivity index (χ0v) is 14.6. The molecule has 0 amide bonds. The van der Waals surface area contributed by atoms with E-state index in [2.05, 4.69) is 24.1 Å². The molecule has 5 heteroatoms. The van der Waals surface area contributed by atoms with Crippen LogP contribution in [0.25, 0.3) is 0 Å². The SMILES string of the molecule is CC(C)NCC1CCCN(CCS(=O)(=O)C(C)(C)C)C1. The maximum Gasteiger partial charge on any atom is 0.156 e. The highest BCUT2D eigenvalue weighted by molar-refractivity contribution is 7.92. The summed E-state index contributed by atoms with van der Waals surface area (Å²) in [5, 5.41) is 3.49. The summed E-state index contributed by atoms with van der Waals surface area (Å²) in [5.74, 6) is 0.935. The third kappa shape index (κ3) is 5.70. The van der Waals surface area contributed by atoms with Crippen molar-refractivity contribution in [2.75, 3.05) is 31.9 Å².